The van der Waals surface area contributed by atoms with Gasteiger partial charge in [0.15, 0.2) is 5.82 Å². The van der Waals surface area contributed by atoms with Gasteiger partial charge in [-0.2, -0.15) is 0 Å². The molecular weight excluding hydrogens is 364 g/mol. The molecule has 2 rings (SSSR count). The number of carbonyl (C=O) groups is 1. The second-order valence-corrected chi connectivity index (χ2v) is 7.27. The number of carbonyl (C=O) groups excluding carboxylic acids is 1. The van der Waals surface area contributed by atoms with Crippen LogP contribution in [0.3, 0.4) is 0 Å². The fourth-order valence-corrected chi connectivity index (χ4v) is 2.73. The van der Waals surface area contributed by atoms with Gasteiger partial charge in [0.25, 0.3) is 5.88 Å². The first-order valence-corrected chi connectivity index (χ1v) is 8.39. The van der Waals surface area contributed by atoms with Gasteiger partial charge in [0.05, 0.1) is 13.3 Å². The van der Waals surface area contributed by atoms with Crippen LogP contribution in [0.25, 0.3) is 0 Å². The Morgan fingerprint density at radius 3 is 2.87 bits per heavy atom. The molecule has 0 aliphatic carbocycles. The lowest BCUT2D eigenvalue weighted by Gasteiger charge is -2.34. The quantitative estimate of drug-likeness (QED) is 0.860. The van der Waals surface area contributed by atoms with E-state index in [1.807, 2.05) is 20.8 Å². The van der Waals surface area contributed by atoms with Gasteiger partial charge in [0.1, 0.15) is 10.2 Å². The molecule has 1 saturated heterocycles. The van der Waals surface area contributed by atoms with Crippen molar-refractivity contribution in [2.45, 2.75) is 45.3 Å². The topological polar surface area (TPSA) is 76.6 Å². The second kappa shape index (κ2) is 7.33. The molecule has 1 aliphatic heterocycles. The van der Waals surface area contributed by atoms with Crippen LogP contribution in [0.5, 0.6) is 5.88 Å². The van der Waals surface area contributed by atoms with E-state index in [0.717, 1.165) is 19.4 Å². The number of hydrogen-bond acceptors (Lipinski definition) is 6. The van der Waals surface area contributed by atoms with Gasteiger partial charge < -0.3 is 19.7 Å². The molecule has 0 saturated carbocycles. The SMILES string of the molecule is COc1ncc(Br)nc1N1CCC[C@H](NC(=O)OC(C)(C)C)C1. The predicted molar refractivity (Wildman–Crippen MR) is 90.9 cm³/mol. The number of methoxy groups -OCH3 is 1. The largest absolute Gasteiger partial charge is 0.478 e. The summed E-state index contributed by atoms with van der Waals surface area (Å²) in [5.41, 5.74) is -0.503. The second-order valence-electron chi connectivity index (χ2n) is 6.46. The van der Waals surface area contributed by atoms with Crippen LogP contribution in [0.4, 0.5) is 10.6 Å². The number of amides is 1. The lowest BCUT2D eigenvalue weighted by atomic mass is 10.1. The van der Waals surface area contributed by atoms with Gasteiger partial charge in [-0.05, 0) is 49.5 Å². The summed E-state index contributed by atoms with van der Waals surface area (Å²) >= 11 is 3.33. The summed E-state index contributed by atoms with van der Waals surface area (Å²) in [6.07, 6.45) is 3.05. The summed E-state index contributed by atoms with van der Waals surface area (Å²) in [6, 6.07) is 0.00378. The number of aromatic nitrogens is 2. The number of piperidine rings is 1. The van der Waals surface area contributed by atoms with Gasteiger partial charge >= 0.3 is 6.09 Å². The molecule has 0 aromatic carbocycles. The van der Waals surface area contributed by atoms with E-state index in [-0.39, 0.29) is 6.04 Å². The number of hydrogen-bond donors (Lipinski definition) is 1. The molecule has 0 radical (unpaired) electrons. The highest BCUT2D eigenvalue weighted by Crippen LogP contribution is 2.27. The van der Waals surface area contributed by atoms with E-state index in [9.17, 15) is 4.79 Å². The van der Waals surface area contributed by atoms with Crippen molar-refractivity contribution in [3.63, 3.8) is 0 Å². The highest BCUT2D eigenvalue weighted by atomic mass is 79.9. The molecule has 1 aliphatic rings. The van der Waals surface area contributed by atoms with Gasteiger partial charge in [-0.15, -0.1) is 0 Å². The van der Waals surface area contributed by atoms with Crippen molar-refractivity contribution < 1.29 is 14.3 Å². The van der Waals surface area contributed by atoms with Crippen molar-refractivity contribution in [3.05, 3.63) is 10.8 Å². The minimum Gasteiger partial charge on any atom is -0.478 e. The van der Waals surface area contributed by atoms with Crippen LogP contribution in [0.15, 0.2) is 10.8 Å². The van der Waals surface area contributed by atoms with Crippen LogP contribution in [0, 0.1) is 0 Å². The first-order valence-electron chi connectivity index (χ1n) is 7.59. The van der Waals surface area contributed by atoms with Crippen molar-refractivity contribution in [1.82, 2.24) is 15.3 Å². The first-order chi connectivity index (χ1) is 10.8. The van der Waals surface area contributed by atoms with Gasteiger partial charge in [0, 0.05) is 19.1 Å². The average Bonchev–Trinajstić information content (AvgIpc) is 2.45. The molecule has 1 fully saturated rings. The molecule has 1 aromatic rings. The van der Waals surface area contributed by atoms with Crippen LogP contribution >= 0.6 is 15.9 Å². The molecule has 0 bridgehead atoms. The summed E-state index contributed by atoms with van der Waals surface area (Å²) in [5, 5.41) is 2.92. The molecule has 23 heavy (non-hydrogen) atoms. The minimum absolute atomic E-state index is 0.00378. The zero-order valence-corrected chi connectivity index (χ0v) is 15.5. The fourth-order valence-electron chi connectivity index (χ4n) is 2.46. The summed E-state index contributed by atoms with van der Waals surface area (Å²) in [4.78, 5) is 22.7. The summed E-state index contributed by atoms with van der Waals surface area (Å²) < 4.78 is 11.3. The van der Waals surface area contributed by atoms with Crippen LogP contribution < -0.4 is 15.0 Å². The summed E-state index contributed by atoms with van der Waals surface area (Å²) in [6.45, 7) is 7.03. The van der Waals surface area contributed by atoms with Gasteiger partial charge in [-0.1, -0.05) is 0 Å². The maximum atomic E-state index is 11.9. The number of rotatable bonds is 3. The highest BCUT2D eigenvalue weighted by Gasteiger charge is 2.26. The number of nitrogens with zero attached hydrogens (tertiary/aromatic N) is 3. The Morgan fingerprint density at radius 1 is 1.48 bits per heavy atom. The summed E-state index contributed by atoms with van der Waals surface area (Å²) in [5.74, 6) is 1.16. The van der Waals surface area contributed by atoms with E-state index < -0.39 is 11.7 Å². The van der Waals surface area contributed by atoms with Crippen molar-refractivity contribution in [2.75, 3.05) is 25.1 Å². The van der Waals surface area contributed by atoms with E-state index in [4.69, 9.17) is 9.47 Å². The molecule has 1 aromatic heterocycles. The molecule has 7 nitrogen and oxygen atoms in total. The molecule has 0 spiro atoms. The molecule has 0 unspecified atom stereocenters. The summed E-state index contributed by atoms with van der Waals surface area (Å²) in [7, 11) is 1.57. The Hall–Kier alpha value is -1.57. The molecular formula is C15H23BrN4O3. The Kier molecular flexibility index (Phi) is 5.67. The standard InChI is InChI=1S/C15H23BrN4O3/c1-15(2,3)23-14(21)18-10-6-5-7-20(9-10)12-13(22-4)17-8-11(16)19-12/h8,10H,5-7,9H2,1-4H3,(H,18,21)/t10-/m0/s1. The zero-order chi connectivity index (χ0) is 17.0. The maximum Gasteiger partial charge on any atom is 0.407 e. The zero-order valence-electron chi connectivity index (χ0n) is 13.9. The lowest BCUT2D eigenvalue weighted by molar-refractivity contribution is 0.0500. The molecule has 1 amide bonds. The van der Waals surface area contributed by atoms with Gasteiger partial charge in [-0.25, -0.2) is 14.8 Å². The van der Waals surface area contributed by atoms with Crippen LogP contribution in [-0.4, -0.2) is 47.9 Å². The first kappa shape index (κ1) is 17.8. The fraction of sp³-hybridized carbons (Fsp3) is 0.667. The van der Waals surface area contributed by atoms with E-state index in [1.165, 1.54) is 0 Å². The van der Waals surface area contributed by atoms with Gasteiger partial charge in [-0.3, -0.25) is 0 Å². The monoisotopic (exact) mass is 386 g/mol. The molecule has 1 N–H and O–H groups in total. The van der Waals surface area contributed by atoms with Crippen LogP contribution in [0.2, 0.25) is 0 Å². The Morgan fingerprint density at radius 2 is 2.22 bits per heavy atom. The number of alkyl carbamates (subject to hydrolysis) is 1. The van der Waals surface area contributed by atoms with E-state index >= 15 is 0 Å². The third-order valence-electron chi connectivity index (χ3n) is 3.33. The smallest absolute Gasteiger partial charge is 0.407 e. The van der Waals surface area contributed by atoms with E-state index in [0.29, 0.717) is 22.8 Å². The van der Waals surface area contributed by atoms with E-state index in [2.05, 4.69) is 36.1 Å². The van der Waals surface area contributed by atoms with Crippen molar-refractivity contribution in [3.8, 4) is 5.88 Å². The number of halogens is 1. The molecule has 2 heterocycles. The molecule has 1 atom stereocenters. The average molecular weight is 387 g/mol. The third kappa shape index (κ3) is 5.23. The molecule has 128 valence electrons. The van der Waals surface area contributed by atoms with Crippen LogP contribution in [0.1, 0.15) is 33.6 Å². The van der Waals surface area contributed by atoms with Crippen molar-refractivity contribution in [2.24, 2.45) is 0 Å². The Bertz CT molecular complexity index is 562. The minimum atomic E-state index is -0.503. The Balaban J connectivity index is 2.04. The van der Waals surface area contributed by atoms with Crippen molar-refractivity contribution >= 4 is 27.8 Å². The van der Waals surface area contributed by atoms with E-state index in [1.54, 1.807) is 13.3 Å². The highest BCUT2D eigenvalue weighted by molar-refractivity contribution is 9.10. The number of anilines is 1. The van der Waals surface area contributed by atoms with Gasteiger partial charge in [0.2, 0.25) is 0 Å². The predicted octanol–water partition coefficient (Wildman–Crippen LogP) is 2.74. The number of nitrogens with one attached hydrogen (secondary N) is 1. The van der Waals surface area contributed by atoms with Crippen molar-refractivity contribution in [1.29, 1.82) is 0 Å². The Labute approximate surface area is 144 Å². The normalized spacial score (nSPS) is 18.5. The third-order valence-corrected chi connectivity index (χ3v) is 3.71. The lowest BCUT2D eigenvalue weighted by Crippen LogP contribution is -2.49. The molecule has 8 heteroatoms. The number of ether oxygens (including phenoxy) is 2. The van der Waals surface area contributed by atoms with Crippen LogP contribution in [-0.2, 0) is 4.74 Å². The maximum absolute atomic E-state index is 11.9.